The van der Waals surface area contributed by atoms with Crippen LogP contribution in [0.4, 0.5) is 0 Å². The van der Waals surface area contributed by atoms with Crippen molar-refractivity contribution in [3.05, 3.63) is 95.9 Å². The molecule has 0 saturated carbocycles. The van der Waals surface area contributed by atoms with Crippen LogP contribution in [0, 0.1) is 5.92 Å². The molecule has 1 aromatic heterocycles. The average Bonchev–Trinajstić information content (AvgIpc) is 3.36. The molecule has 7 nitrogen and oxygen atoms in total. The summed E-state index contributed by atoms with van der Waals surface area (Å²) in [4.78, 5) is 37.9. The maximum Gasteiger partial charge on any atom is 0.333 e. The molecule has 172 valence electrons. The Labute approximate surface area is 193 Å². The van der Waals surface area contributed by atoms with Gasteiger partial charge in [-0.25, -0.2) is 4.79 Å². The second-order valence-corrected chi connectivity index (χ2v) is 8.06. The van der Waals surface area contributed by atoms with Gasteiger partial charge < -0.3 is 19.8 Å². The molecule has 0 aliphatic carbocycles. The monoisotopic (exact) mass is 448 g/mol. The van der Waals surface area contributed by atoms with Gasteiger partial charge in [-0.3, -0.25) is 9.59 Å². The predicted octanol–water partition coefficient (Wildman–Crippen LogP) is 4.20. The van der Waals surface area contributed by atoms with Crippen LogP contribution in [0.25, 0.3) is 0 Å². The van der Waals surface area contributed by atoms with Crippen molar-refractivity contribution in [1.82, 2.24) is 10.6 Å². The fourth-order valence-corrected chi connectivity index (χ4v) is 3.42. The van der Waals surface area contributed by atoms with Gasteiger partial charge in [0.2, 0.25) is 0 Å². The molecule has 2 N–H and O–H groups in total. The Morgan fingerprint density at radius 2 is 1.48 bits per heavy atom. The van der Waals surface area contributed by atoms with Gasteiger partial charge in [0.25, 0.3) is 11.8 Å². The summed E-state index contributed by atoms with van der Waals surface area (Å²) in [5.74, 6) is -1.28. The Bertz CT molecular complexity index is 1030. The second kappa shape index (κ2) is 11.7. The smallest absolute Gasteiger partial charge is 0.333 e. The lowest BCUT2D eigenvalue weighted by Crippen LogP contribution is -2.37. The average molecular weight is 449 g/mol. The lowest BCUT2D eigenvalue weighted by Gasteiger charge is -2.22. The lowest BCUT2D eigenvalue weighted by molar-refractivity contribution is -0.150. The standard InChI is InChI=1S/C26H28N2O5/c1-18(2)16-21(19-10-5-3-6-11-19)27-23(29)17-33-26(31)24(20-12-7-4-8-13-20)28-25(30)22-14-9-15-32-22/h3-15,18,21,24H,16-17H2,1-2H3,(H,27,29)(H,28,30). The van der Waals surface area contributed by atoms with Crippen LogP contribution in [0.3, 0.4) is 0 Å². The molecule has 2 aromatic carbocycles. The van der Waals surface area contributed by atoms with Crippen molar-refractivity contribution in [2.24, 2.45) is 5.92 Å². The molecule has 33 heavy (non-hydrogen) atoms. The number of rotatable bonds is 10. The summed E-state index contributed by atoms with van der Waals surface area (Å²) in [6.45, 7) is 3.70. The van der Waals surface area contributed by atoms with E-state index in [0.717, 1.165) is 12.0 Å². The van der Waals surface area contributed by atoms with E-state index in [4.69, 9.17) is 9.15 Å². The fourth-order valence-electron chi connectivity index (χ4n) is 3.42. The Morgan fingerprint density at radius 3 is 2.06 bits per heavy atom. The molecule has 0 radical (unpaired) electrons. The quantitative estimate of drug-likeness (QED) is 0.453. The van der Waals surface area contributed by atoms with Crippen LogP contribution >= 0.6 is 0 Å². The first-order valence-electron chi connectivity index (χ1n) is 10.8. The maximum absolute atomic E-state index is 12.8. The van der Waals surface area contributed by atoms with E-state index >= 15 is 0 Å². The van der Waals surface area contributed by atoms with E-state index in [9.17, 15) is 14.4 Å². The molecular weight excluding hydrogens is 420 g/mol. The first-order chi connectivity index (χ1) is 15.9. The SMILES string of the molecule is CC(C)CC(NC(=O)COC(=O)C(NC(=O)c1ccco1)c1ccccc1)c1ccccc1. The Balaban J connectivity index is 1.65. The van der Waals surface area contributed by atoms with Gasteiger partial charge in [0.15, 0.2) is 18.4 Å². The maximum atomic E-state index is 12.8. The number of carbonyl (C=O) groups is 3. The number of furan rings is 1. The summed E-state index contributed by atoms with van der Waals surface area (Å²) in [6, 6.07) is 20.1. The highest BCUT2D eigenvalue weighted by Crippen LogP contribution is 2.21. The number of ether oxygens (including phenoxy) is 1. The zero-order chi connectivity index (χ0) is 23.6. The van der Waals surface area contributed by atoms with E-state index in [1.807, 2.05) is 30.3 Å². The minimum Gasteiger partial charge on any atom is -0.459 e. The van der Waals surface area contributed by atoms with E-state index in [0.29, 0.717) is 11.5 Å². The van der Waals surface area contributed by atoms with E-state index in [-0.39, 0.29) is 11.8 Å². The number of hydrogen-bond acceptors (Lipinski definition) is 5. The van der Waals surface area contributed by atoms with Crippen molar-refractivity contribution in [3.63, 3.8) is 0 Å². The van der Waals surface area contributed by atoms with Crippen LogP contribution in [0.5, 0.6) is 0 Å². The highest BCUT2D eigenvalue weighted by molar-refractivity contribution is 5.95. The van der Waals surface area contributed by atoms with Gasteiger partial charge in [-0.05, 0) is 35.6 Å². The molecule has 7 heteroatoms. The third-order valence-corrected chi connectivity index (χ3v) is 4.98. The topological polar surface area (TPSA) is 97.6 Å². The molecule has 0 aliphatic heterocycles. The zero-order valence-electron chi connectivity index (χ0n) is 18.7. The summed E-state index contributed by atoms with van der Waals surface area (Å²) in [7, 11) is 0. The van der Waals surface area contributed by atoms with Crippen molar-refractivity contribution in [3.8, 4) is 0 Å². The number of hydrogen-bond donors (Lipinski definition) is 2. The molecule has 3 aromatic rings. The molecule has 3 rings (SSSR count). The minimum atomic E-state index is -1.09. The molecule has 0 bridgehead atoms. The molecular formula is C26H28N2O5. The molecule has 0 fully saturated rings. The minimum absolute atomic E-state index is 0.0702. The van der Waals surface area contributed by atoms with Crippen LogP contribution in [-0.2, 0) is 14.3 Å². The Morgan fingerprint density at radius 1 is 0.848 bits per heavy atom. The van der Waals surface area contributed by atoms with Crippen LogP contribution in [-0.4, -0.2) is 24.4 Å². The van der Waals surface area contributed by atoms with Gasteiger partial charge in [0.1, 0.15) is 0 Å². The van der Waals surface area contributed by atoms with Gasteiger partial charge in [-0.2, -0.15) is 0 Å². The fraction of sp³-hybridized carbons (Fsp3) is 0.269. The summed E-state index contributed by atoms with van der Waals surface area (Å²) >= 11 is 0. The van der Waals surface area contributed by atoms with E-state index in [1.165, 1.54) is 12.3 Å². The number of benzene rings is 2. The van der Waals surface area contributed by atoms with Gasteiger partial charge in [-0.15, -0.1) is 0 Å². The highest BCUT2D eigenvalue weighted by Gasteiger charge is 2.27. The van der Waals surface area contributed by atoms with Crippen molar-refractivity contribution in [1.29, 1.82) is 0 Å². The van der Waals surface area contributed by atoms with E-state index in [2.05, 4.69) is 24.5 Å². The van der Waals surface area contributed by atoms with Crippen molar-refractivity contribution in [2.75, 3.05) is 6.61 Å². The summed E-state index contributed by atoms with van der Waals surface area (Å²) in [5, 5.41) is 5.56. The molecule has 2 amide bonds. The van der Waals surface area contributed by atoms with Crippen LogP contribution in [0.15, 0.2) is 83.5 Å². The summed E-state index contributed by atoms with van der Waals surface area (Å²) in [6.07, 6.45) is 2.12. The van der Waals surface area contributed by atoms with Crippen molar-refractivity contribution < 1.29 is 23.5 Å². The molecule has 2 unspecified atom stereocenters. The van der Waals surface area contributed by atoms with Crippen LogP contribution in [0.1, 0.15) is 54.0 Å². The van der Waals surface area contributed by atoms with Crippen molar-refractivity contribution in [2.45, 2.75) is 32.4 Å². The lowest BCUT2D eigenvalue weighted by atomic mass is 9.97. The molecule has 0 saturated heterocycles. The normalized spacial score (nSPS) is 12.6. The molecule has 0 aliphatic rings. The van der Waals surface area contributed by atoms with Crippen molar-refractivity contribution >= 4 is 17.8 Å². The third-order valence-electron chi connectivity index (χ3n) is 4.98. The van der Waals surface area contributed by atoms with Gasteiger partial charge >= 0.3 is 5.97 Å². The summed E-state index contributed by atoms with van der Waals surface area (Å²) < 4.78 is 10.4. The number of carbonyl (C=O) groups excluding carboxylic acids is 3. The summed E-state index contributed by atoms with van der Waals surface area (Å²) in [5.41, 5.74) is 1.52. The number of esters is 1. The largest absolute Gasteiger partial charge is 0.459 e. The third kappa shape index (κ3) is 7.07. The van der Waals surface area contributed by atoms with Gasteiger partial charge in [0, 0.05) is 0 Å². The van der Waals surface area contributed by atoms with Gasteiger partial charge in [0.05, 0.1) is 12.3 Å². The first-order valence-corrected chi connectivity index (χ1v) is 10.8. The Kier molecular flexibility index (Phi) is 8.41. The Hall–Kier alpha value is -3.87. The van der Waals surface area contributed by atoms with Crippen LogP contribution < -0.4 is 10.6 Å². The van der Waals surface area contributed by atoms with E-state index < -0.39 is 30.4 Å². The predicted molar refractivity (Wildman–Crippen MR) is 123 cm³/mol. The molecule has 2 atom stereocenters. The zero-order valence-corrected chi connectivity index (χ0v) is 18.7. The van der Waals surface area contributed by atoms with Gasteiger partial charge in [-0.1, -0.05) is 74.5 Å². The van der Waals surface area contributed by atoms with E-state index in [1.54, 1.807) is 36.4 Å². The second-order valence-electron chi connectivity index (χ2n) is 8.06. The number of amides is 2. The highest BCUT2D eigenvalue weighted by atomic mass is 16.5. The number of nitrogens with one attached hydrogen (secondary N) is 2. The molecule has 0 spiro atoms. The molecule has 1 heterocycles. The van der Waals surface area contributed by atoms with Crippen LogP contribution in [0.2, 0.25) is 0 Å². The first kappa shape index (κ1) is 23.8.